The number of aromatic carboxylic acids is 1. The Morgan fingerprint density at radius 3 is 2.23 bits per heavy atom. The minimum atomic E-state index is -1.36. The zero-order valence-corrected chi connectivity index (χ0v) is 28.1. The maximum absolute atomic E-state index is 15.1. The van der Waals surface area contributed by atoms with Crippen LogP contribution in [0.15, 0.2) is 127 Å². The second kappa shape index (κ2) is 13.0. The van der Waals surface area contributed by atoms with Crippen LogP contribution in [-0.2, 0) is 24.6 Å². The van der Waals surface area contributed by atoms with Crippen molar-refractivity contribution in [2.45, 2.75) is 24.2 Å². The van der Waals surface area contributed by atoms with E-state index < -0.39 is 52.8 Å². The summed E-state index contributed by atoms with van der Waals surface area (Å²) in [6.45, 7) is -0.0471. The fourth-order valence-corrected chi connectivity index (χ4v) is 9.20. The molecule has 0 aromatic heterocycles. The molecule has 0 radical (unpaired) electrons. The van der Waals surface area contributed by atoms with E-state index in [1.807, 2.05) is 78.9 Å². The van der Waals surface area contributed by atoms with Crippen LogP contribution in [0.4, 0.5) is 5.69 Å². The molecule has 6 atom stereocenters. The number of aliphatic hydroxyl groups excluding tert-OH is 1. The van der Waals surface area contributed by atoms with Crippen LogP contribution in [0.5, 0.6) is 5.75 Å². The number of hydrogen-bond acceptors (Lipinski definition) is 7. The van der Waals surface area contributed by atoms with Gasteiger partial charge in [0.25, 0.3) is 0 Å². The van der Waals surface area contributed by atoms with Gasteiger partial charge in [-0.3, -0.25) is 24.1 Å². The predicted molar refractivity (Wildman–Crippen MR) is 191 cm³/mol. The number of allylic oxidation sites excluding steroid dienone is 4. The van der Waals surface area contributed by atoms with Crippen molar-refractivity contribution in [1.82, 2.24) is 0 Å². The van der Waals surface area contributed by atoms with Crippen molar-refractivity contribution in [3.8, 4) is 5.75 Å². The largest absolute Gasteiger partial charge is 0.491 e. The Balaban J connectivity index is 1.32. The van der Waals surface area contributed by atoms with Crippen molar-refractivity contribution in [3.05, 3.63) is 149 Å². The lowest BCUT2D eigenvalue weighted by molar-refractivity contribution is -0.135. The van der Waals surface area contributed by atoms with Gasteiger partial charge < -0.3 is 14.9 Å². The molecule has 0 unspecified atom stereocenters. The van der Waals surface area contributed by atoms with E-state index >= 15 is 9.59 Å². The van der Waals surface area contributed by atoms with Gasteiger partial charge in [-0.1, -0.05) is 90.5 Å². The van der Waals surface area contributed by atoms with Gasteiger partial charge in [0.05, 0.1) is 35.1 Å². The number of ether oxygens (including phenoxy) is 1. The number of Topliss-reactive ketones (excluding diaryl/α,β-unsaturated/α-hetero) is 1. The van der Waals surface area contributed by atoms with Gasteiger partial charge in [0, 0.05) is 17.4 Å². The molecule has 2 N–H and O–H groups in total. The molecular weight excluding hydrogens is 658 g/mol. The highest BCUT2D eigenvalue weighted by Gasteiger charge is 2.66. The van der Waals surface area contributed by atoms with Crippen LogP contribution in [0, 0.1) is 23.7 Å². The Labute approximate surface area is 299 Å². The fourth-order valence-electron chi connectivity index (χ4n) is 9.20. The lowest BCUT2D eigenvalue weighted by Gasteiger charge is -2.55. The number of hydrogen-bond donors (Lipinski definition) is 2. The Kier molecular flexibility index (Phi) is 8.30. The van der Waals surface area contributed by atoms with E-state index in [4.69, 9.17) is 4.74 Å². The highest BCUT2D eigenvalue weighted by atomic mass is 16.5. The van der Waals surface area contributed by atoms with Gasteiger partial charge in [0.2, 0.25) is 11.8 Å². The first-order valence-corrected chi connectivity index (χ1v) is 17.4. The van der Waals surface area contributed by atoms with Gasteiger partial charge in [0.15, 0.2) is 11.6 Å². The fraction of sp³-hybridized carbons (Fsp3) is 0.233. The third kappa shape index (κ3) is 5.06. The summed E-state index contributed by atoms with van der Waals surface area (Å²) in [6, 6.07) is 31.5. The Hall–Kier alpha value is -5.93. The van der Waals surface area contributed by atoms with E-state index in [0.717, 1.165) is 16.0 Å². The molecule has 0 spiro atoms. The van der Waals surface area contributed by atoms with E-state index in [1.165, 1.54) is 24.3 Å². The normalized spacial score (nSPS) is 26.6. The smallest absolute Gasteiger partial charge is 0.335 e. The molecule has 3 aliphatic carbocycles. The SMILES string of the molecule is O=C(O)c1cccc(N2C(=O)[C@H]3[C@H](CC=C4[C@H]3C[C@H]3C(=O)C(c5ccccc5)=CC(=O)[C@@]3(c3ccccc3)[C@H]4c3ccc(OCCO)cc3)C2=O)c1. The van der Waals surface area contributed by atoms with Crippen molar-refractivity contribution >= 4 is 40.6 Å². The monoisotopic (exact) mass is 693 g/mol. The van der Waals surface area contributed by atoms with Crippen molar-refractivity contribution in [3.63, 3.8) is 0 Å². The first-order chi connectivity index (χ1) is 25.2. The van der Waals surface area contributed by atoms with E-state index in [2.05, 4.69) is 0 Å². The van der Waals surface area contributed by atoms with Crippen LogP contribution in [0.1, 0.15) is 45.8 Å². The molecule has 2 amide bonds. The van der Waals surface area contributed by atoms with Gasteiger partial charge in [-0.2, -0.15) is 0 Å². The molecule has 52 heavy (non-hydrogen) atoms. The number of aliphatic hydroxyl groups is 1. The summed E-state index contributed by atoms with van der Waals surface area (Å²) in [5.41, 5.74) is 1.99. The molecule has 8 rings (SSSR count). The number of amides is 2. The number of carbonyl (C=O) groups is 5. The number of rotatable bonds is 8. The number of imide groups is 1. The molecule has 4 aliphatic rings. The molecule has 1 heterocycles. The van der Waals surface area contributed by atoms with Crippen LogP contribution in [-0.4, -0.2) is 52.8 Å². The van der Waals surface area contributed by atoms with Crippen LogP contribution < -0.4 is 9.64 Å². The van der Waals surface area contributed by atoms with Gasteiger partial charge in [0.1, 0.15) is 12.4 Å². The average Bonchev–Trinajstić information content (AvgIpc) is 3.44. The number of carboxylic acids is 1. The number of carboxylic acid groups (broad SMARTS) is 1. The first kappa shape index (κ1) is 33.2. The van der Waals surface area contributed by atoms with E-state index in [0.29, 0.717) is 22.4 Å². The zero-order chi connectivity index (χ0) is 36.1. The zero-order valence-electron chi connectivity index (χ0n) is 28.1. The first-order valence-electron chi connectivity index (χ1n) is 17.4. The minimum absolute atomic E-state index is 0.0462. The van der Waals surface area contributed by atoms with Crippen LogP contribution in [0.3, 0.4) is 0 Å². The highest BCUT2D eigenvalue weighted by molar-refractivity contribution is 6.32. The highest BCUT2D eigenvalue weighted by Crippen LogP contribution is 2.63. The average molecular weight is 694 g/mol. The van der Waals surface area contributed by atoms with E-state index in [-0.39, 0.29) is 48.9 Å². The molecule has 9 nitrogen and oxygen atoms in total. The summed E-state index contributed by atoms with van der Waals surface area (Å²) in [4.78, 5) is 71.7. The topological polar surface area (TPSA) is 138 Å². The van der Waals surface area contributed by atoms with Crippen molar-refractivity contribution in [1.29, 1.82) is 0 Å². The van der Waals surface area contributed by atoms with Gasteiger partial charge >= 0.3 is 5.97 Å². The second-order valence-electron chi connectivity index (χ2n) is 13.8. The van der Waals surface area contributed by atoms with E-state index in [1.54, 1.807) is 18.2 Å². The lowest BCUT2D eigenvalue weighted by Crippen LogP contribution is -2.58. The molecular formula is C43H35NO8. The van der Waals surface area contributed by atoms with Crippen molar-refractivity contribution in [2.24, 2.45) is 23.7 Å². The number of anilines is 1. The van der Waals surface area contributed by atoms with Crippen molar-refractivity contribution in [2.75, 3.05) is 18.1 Å². The minimum Gasteiger partial charge on any atom is -0.491 e. The standard InChI is InChI=1S/C43H35NO8/c45-20-21-52-30-16-14-26(15-17-30)38-31-18-19-32-37(41(49)44(40(32)48)29-13-7-10-27(22-29)42(50)51)34(31)23-35-39(47)33(25-8-3-1-4-9-25)24-36(46)43(35,38)28-11-5-2-6-12-28/h1-18,22,24,32,34-35,37-38,45H,19-21,23H2,(H,50,51)/t32-,34+,35-,37-,38-,43-/m0/s1. The molecule has 9 heteroatoms. The molecule has 2 fully saturated rings. The van der Waals surface area contributed by atoms with Crippen LogP contribution >= 0.6 is 0 Å². The summed E-state index contributed by atoms with van der Waals surface area (Å²) in [5.74, 6) is -5.58. The number of ketones is 2. The molecule has 1 saturated carbocycles. The number of nitrogens with zero attached hydrogens (tertiary/aromatic N) is 1. The summed E-state index contributed by atoms with van der Waals surface area (Å²) >= 11 is 0. The van der Waals surface area contributed by atoms with Gasteiger partial charge in [-0.25, -0.2) is 4.79 Å². The Bertz CT molecular complexity index is 2170. The van der Waals surface area contributed by atoms with E-state index in [9.17, 15) is 24.6 Å². The van der Waals surface area contributed by atoms with Gasteiger partial charge in [-0.05, 0) is 71.9 Å². The Morgan fingerprint density at radius 1 is 0.827 bits per heavy atom. The van der Waals surface area contributed by atoms with Crippen LogP contribution in [0.2, 0.25) is 0 Å². The number of benzene rings is 4. The number of fused-ring (bicyclic) bond motifs is 4. The quantitative estimate of drug-likeness (QED) is 0.175. The second-order valence-corrected chi connectivity index (χ2v) is 13.8. The Morgan fingerprint density at radius 2 is 1.54 bits per heavy atom. The lowest BCUT2D eigenvalue weighted by atomic mass is 9.44. The maximum Gasteiger partial charge on any atom is 0.335 e. The van der Waals surface area contributed by atoms with Crippen molar-refractivity contribution < 1.29 is 38.9 Å². The number of carbonyl (C=O) groups excluding carboxylic acids is 4. The molecule has 260 valence electrons. The third-order valence-electron chi connectivity index (χ3n) is 11.3. The van der Waals surface area contributed by atoms with Gasteiger partial charge in [-0.15, -0.1) is 0 Å². The predicted octanol–water partition coefficient (Wildman–Crippen LogP) is 5.78. The maximum atomic E-state index is 15.1. The summed E-state index contributed by atoms with van der Waals surface area (Å²) in [6.07, 6.45) is 3.88. The molecule has 1 aliphatic heterocycles. The molecule has 4 aromatic carbocycles. The third-order valence-corrected chi connectivity index (χ3v) is 11.3. The van der Waals surface area contributed by atoms with Crippen LogP contribution in [0.25, 0.3) is 5.57 Å². The summed E-state index contributed by atoms with van der Waals surface area (Å²) in [7, 11) is 0. The molecule has 0 bridgehead atoms. The summed E-state index contributed by atoms with van der Waals surface area (Å²) < 4.78 is 5.66. The molecule has 1 saturated heterocycles. The molecule has 4 aromatic rings. The summed E-state index contributed by atoms with van der Waals surface area (Å²) in [5, 5.41) is 19.0.